The third kappa shape index (κ3) is 2.63. The molecule has 2 heteroatoms. The lowest BCUT2D eigenvalue weighted by Gasteiger charge is -2.15. The molecule has 0 radical (unpaired) electrons. The predicted molar refractivity (Wildman–Crippen MR) is 129 cm³/mol. The first-order valence-electron chi connectivity index (χ1n) is 10.1. The minimum absolute atomic E-state index is 0.740. The van der Waals surface area contributed by atoms with Gasteiger partial charge in [0.25, 0.3) is 0 Å². The number of benzene rings is 5. The molecule has 5 aromatic carbocycles. The molecule has 0 bridgehead atoms. The van der Waals surface area contributed by atoms with Crippen LogP contribution in [-0.2, 0) is 0 Å². The first-order chi connectivity index (χ1) is 14.8. The summed E-state index contributed by atoms with van der Waals surface area (Å²) in [4.78, 5) is 0. The standard InChI is InChI=1S/C28H18ClN/c29-22-14-15-27(24(18-22)19-8-2-1-3-9-19)30-26-13-7-6-12-23(26)25-16-20-10-4-5-11-21(20)17-28(25)30/h1-18H. The van der Waals surface area contributed by atoms with E-state index in [2.05, 4.69) is 102 Å². The van der Waals surface area contributed by atoms with E-state index in [0.29, 0.717) is 0 Å². The van der Waals surface area contributed by atoms with E-state index in [-0.39, 0.29) is 0 Å². The summed E-state index contributed by atoms with van der Waals surface area (Å²) in [5.41, 5.74) is 5.81. The predicted octanol–water partition coefficient (Wildman–Crippen LogP) is 8.26. The normalized spacial score (nSPS) is 11.5. The van der Waals surface area contributed by atoms with Gasteiger partial charge in [0.05, 0.1) is 16.7 Å². The SMILES string of the molecule is Clc1ccc(-n2c3ccccc3c3cc4ccccc4cc32)c(-c2ccccc2)c1. The molecule has 0 N–H and O–H groups in total. The number of halogens is 1. The van der Waals surface area contributed by atoms with Crippen LogP contribution in [0.3, 0.4) is 0 Å². The van der Waals surface area contributed by atoms with E-state index in [9.17, 15) is 0 Å². The van der Waals surface area contributed by atoms with Crippen molar-refractivity contribution in [3.63, 3.8) is 0 Å². The van der Waals surface area contributed by atoms with Crippen molar-refractivity contribution in [2.45, 2.75) is 0 Å². The van der Waals surface area contributed by atoms with Crippen LogP contribution >= 0.6 is 11.6 Å². The van der Waals surface area contributed by atoms with Crippen molar-refractivity contribution in [1.29, 1.82) is 0 Å². The second kappa shape index (κ2) is 6.76. The van der Waals surface area contributed by atoms with Gasteiger partial charge in [0.15, 0.2) is 0 Å². The van der Waals surface area contributed by atoms with Crippen LogP contribution in [0.4, 0.5) is 0 Å². The van der Waals surface area contributed by atoms with Crippen LogP contribution in [0.15, 0.2) is 109 Å². The molecule has 1 nitrogen and oxygen atoms in total. The van der Waals surface area contributed by atoms with Gasteiger partial charge in [-0.15, -0.1) is 0 Å². The topological polar surface area (TPSA) is 4.93 Å². The molecule has 0 fully saturated rings. The van der Waals surface area contributed by atoms with Crippen LogP contribution in [0.2, 0.25) is 5.02 Å². The van der Waals surface area contributed by atoms with Crippen LogP contribution in [0.5, 0.6) is 0 Å². The van der Waals surface area contributed by atoms with Gasteiger partial charge in [0.1, 0.15) is 0 Å². The minimum atomic E-state index is 0.740. The molecule has 0 amide bonds. The van der Waals surface area contributed by atoms with Gasteiger partial charge in [-0.2, -0.15) is 0 Å². The fourth-order valence-corrected chi connectivity index (χ4v) is 4.64. The highest BCUT2D eigenvalue weighted by Crippen LogP contribution is 2.38. The summed E-state index contributed by atoms with van der Waals surface area (Å²) in [5.74, 6) is 0. The third-order valence-corrected chi connectivity index (χ3v) is 6.06. The number of hydrogen-bond acceptors (Lipinski definition) is 0. The van der Waals surface area contributed by atoms with E-state index in [1.54, 1.807) is 0 Å². The lowest BCUT2D eigenvalue weighted by Crippen LogP contribution is -1.97. The molecule has 0 saturated heterocycles. The van der Waals surface area contributed by atoms with Crippen molar-refractivity contribution in [2.75, 3.05) is 0 Å². The molecule has 0 aliphatic rings. The minimum Gasteiger partial charge on any atom is -0.309 e. The monoisotopic (exact) mass is 403 g/mol. The van der Waals surface area contributed by atoms with Crippen molar-refractivity contribution in [2.24, 2.45) is 0 Å². The Kier molecular flexibility index (Phi) is 3.90. The van der Waals surface area contributed by atoms with Gasteiger partial charge < -0.3 is 4.57 Å². The van der Waals surface area contributed by atoms with E-state index in [1.165, 1.54) is 32.6 Å². The largest absolute Gasteiger partial charge is 0.309 e. The number of aromatic nitrogens is 1. The van der Waals surface area contributed by atoms with E-state index in [4.69, 9.17) is 11.6 Å². The Labute approximate surface area is 179 Å². The molecule has 6 aromatic rings. The van der Waals surface area contributed by atoms with Crippen LogP contribution in [0.1, 0.15) is 0 Å². The van der Waals surface area contributed by atoms with E-state index in [1.807, 2.05) is 12.1 Å². The smallest absolute Gasteiger partial charge is 0.0547 e. The number of rotatable bonds is 2. The van der Waals surface area contributed by atoms with Crippen molar-refractivity contribution < 1.29 is 0 Å². The van der Waals surface area contributed by atoms with Gasteiger partial charge in [-0.3, -0.25) is 0 Å². The maximum absolute atomic E-state index is 6.43. The number of nitrogens with zero attached hydrogens (tertiary/aromatic N) is 1. The van der Waals surface area contributed by atoms with Crippen LogP contribution in [0, 0.1) is 0 Å². The zero-order valence-electron chi connectivity index (χ0n) is 16.2. The average molecular weight is 404 g/mol. The van der Waals surface area contributed by atoms with Gasteiger partial charge in [0.2, 0.25) is 0 Å². The first kappa shape index (κ1) is 17.3. The average Bonchev–Trinajstić information content (AvgIpc) is 3.11. The zero-order chi connectivity index (χ0) is 20.1. The van der Waals surface area contributed by atoms with Crippen molar-refractivity contribution in [3.05, 3.63) is 114 Å². The molecule has 30 heavy (non-hydrogen) atoms. The van der Waals surface area contributed by atoms with Crippen molar-refractivity contribution >= 4 is 44.2 Å². The summed E-state index contributed by atoms with van der Waals surface area (Å²) in [5, 5.41) is 5.76. The summed E-state index contributed by atoms with van der Waals surface area (Å²) in [6, 6.07) is 38.4. The molecular formula is C28H18ClN. The quantitative estimate of drug-likeness (QED) is 0.274. The molecular weight excluding hydrogens is 386 g/mol. The molecule has 1 heterocycles. The van der Waals surface area contributed by atoms with Crippen LogP contribution in [0.25, 0.3) is 49.4 Å². The van der Waals surface area contributed by atoms with Gasteiger partial charge in [-0.1, -0.05) is 84.4 Å². The first-order valence-corrected chi connectivity index (χ1v) is 10.4. The van der Waals surface area contributed by atoms with Gasteiger partial charge in [0, 0.05) is 21.4 Å². The molecule has 0 atom stereocenters. The second-order valence-electron chi connectivity index (χ2n) is 7.60. The van der Waals surface area contributed by atoms with Crippen LogP contribution in [-0.4, -0.2) is 4.57 Å². The van der Waals surface area contributed by atoms with E-state index in [0.717, 1.165) is 21.8 Å². The summed E-state index contributed by atoms with van der Waals surface area (Å²) in [6.45, 7) is 0. The molecule has 0 aliphatic carbocycles. The molecule has 0 unspecified atom stereocenters. The highest BCUT2D eigenvalue weighted by molar-refractivity contribution is 6.31. The zero-order valence-corrected chi connectivity index (χ0v) is 17.0. The number of fused-ring (bicyclic) bond motifs is 4. The molecule has 0 aliphatic heterocycles. The Morgan fingerprint density at radius 2 is 1.23 bits per heavy atom. The Morgan fingerprint density at radius 3 is 2.07 bits per heavy atom. The Hall–Kier alpha value is -3.55. The molecule has 0 saturated carbocycles. The third-order valence-electron chi connectivity index (χ3n) is 5.82. The molecule has 1 aromatic heterocycles. The fourth-order valence-electron chi connectivity index (χ4n) is 4.47. The lowest BCUT2D eigenvalue weighted by molar-refractivity contribution is 1.18. The number of hydrogen-bond donors (Lipinski definition) is 0. The molecule has 6 rings (SSSR count). The highest BCUT2D eigenvalue weighted by atomic mass is 35.5. The second-order valence-corrected chi connectivity index (χ2v) is 8.03. The highest BCUT2D eigenvalue weighted by Gasteiger charge is 2.16. The Balaban J connectivity index is 1.78. The lowest BCUT2D eigenvalue weighted by atomic mass is 10.0. The summed E-state index contributed by atoms with van der Waals surface area (Å²) < 4.78 is 2.37. The summed E-state index contributed by atoms with van der Waals surface area (Å²) in [7, 11) is 0. The summed E-state index contributed by atoms with van der Waals surface area (Å²) >= 11 is 6.43. The summed E-state index contributed by atoms with van der Waals surface area (Å²) in [6.07, 6.45) is 0. The number of para-hydroxylation sites is 1. The molecule has 0 spiro atoms. The maximum atomic E-state index is 6.43. The fraction of sp³-hybridized carbons (Fsp3) is 0. The van der Waals surface area contributed by atoms with Gasteiger partial charge in [-0.25, -0.2) is 0 Å². The van der Waals surface area contributed by atoms with E-state index < -0.39 is 0 Å². The van der Waals surface area contributed by atoms with E-state index >= 15 is 0 Å². The molecule has 142 valence electrons. The Bertz CT molecular complexity index is 1540. The van der Waals surface area contributed by atoms with Gasteiger partial charge >= 0.3 is 0 Å². The van der Waals surface area contributed by atoms with Gasteiger partial charge in [-0.05, 0) is 52.7 Å². The van der Waals surface area contributed by atoms with Crippen LogP contribution < -0.4 is 0 Å². The Morgan fingerprint density at radius 1 is 0.533 bits per heavy atom. The van der Waals surface area contributed by atoms with Crippen molar-refractivity contribution in [1.82, 2.24) is 4.57 Å². The van der Waals surface area contributed by atoms with Crippen molar-refractivity contribution in [3.8, 4) is 16.8 Å². The maximum Gasteiger partial charge on any atom is 0.0547 e.